The fourth-order valence-electron chi connectivity index (χ4n) is 2.43. The zero-order valence-electron chi connectivity index (χ0n) is 12.6. The minimum atomic E-state index is -0.973. The van der Waals surface area contributed by atoms with Crippen molar-refractivity contribution in [3.8, 4) is 0 Å². The van der Waals surface area contributed by atoms with Gasteiger partial charge in [-0.25, -0.2) is 4.79 Å². The minimum absolute atomic E-state index is 0.136. The summed E-state index contributed by atoms with van der Waals surface area (Å²) in [6, 6.07) is 9.38. The van der Waals surface area contributed by atoms with E-state index in [0.29, 0.717) is 26.1 Å². The van der Waals surface area contributed by atoms with Crippen molar-refractivity contribution in [3.05, 3.63) is 35.9 Å². The predicted octanol–water partition coefficient (Wildman–Crippen LogP) is 1.16. The molecule has 0 radical (unpaired) electrons. The first-order valence-electron chi connectivity index (χ1n) is 7.50. The summed E-state index contributed by atoms with van der Waals surface area (Å²) in [5.41, 5.74) is -0.0799. The SMILES string of the molecule is O=C(OCc1ccccc1)N(CCO)CC1(O)CCOCC1. The zero-order valence-corrected chi connectivity index (χ0v) is 12.6. The highest BCUT2D eigenvalue weighted by atomic mass is 16.6. The van der Waals surface area contributed by atoms with Crippen LogP contribution in [0, 0.1) is 0 Å². The van der Waals surface area contributed by atoms with E-state index in [2.05, 4.69) is 0 Å². The highest BCUT2D eigenvalue weighted by Gasteiger charge is 2.33. The average Bonchev–Trinajstić information content (AvgIpc) is 2.54. The van der Waals surface area contributed by atoms with Crippen LogP contribution in [-0.2, 0) is 16.1 Å². The van der Waals surface area contributed by atoms with Gasteiger partial charge in [0, 0.05) is 32.6 Å². The molecule has 22 heavy (non-hydrogen) atoms. The molecule has 6 nitrogen and oxygen atoms in total. The Hall–Kier alpha value is -1.63. The normalized spacial score (nSPS) is 17.0. The fourth-order valence-corrected chi connectivity index (χ4v) is 2.43. The maximum absolute atomic E-state index is 12.2. The largest absolute Gasteiger partial charge is 0.445 e. The van der Waals surface area contributed by atoms with Gasteiger partial charge in [-0.1, -0.05) is 30.3 Å². The number of ether oxygens (including phenoxy) is 2. The van der Waals surface area contributed by atoms with Crippen LogP contribution in [0.2, 0.25) is 0 Å². The number of amides is 1. The Morgan fingerprint density at radius 1 is 1.27 bits per heavy atom. The minimum Gasteiger partial charge on any atom is -0.445 e. The second-order valence-electron chi connectivity index (χ2n) is 5.52. The van der Waals surface area contributed by atoms with Crippen LogP contribution in [-0.4, -0.2) is 59.7 Å². The van der Waals surface area contributed by atoms with Crippen LogP contribution in [0.1, 0.15) is 18.4 Å². The van der Waals surface area contributed by atoms with Gasteiger partial charge in [0.15, 0.2) is 0 Å². The van der Waals surface area contributed by atoms with Gasteiger partial charge in [-0.2, -0.15) is 0 Å². The molecular weight excluding hydrogens is 286 g/mol. The van der Waals surface area contributed by atoms with Crippen LogP contribution >= 0.6 is 0 Å². The molecule has 1 aromatic carbocycles. The number of nitrogens with zero attached hydrogens (tertiary/aromatic N) is 1. The van der Waals surface area contributed by atoms with Gasteiger partial charge in [0.05, 0.1) is 18.8 Å². The number of benzene rings is 1. The van der Waals surface area contributed by atoms with Crippen molar-refractivity contribution in [2.24, 2.45) is 0 Å². The third-order valence-electron chi connectivity index (χ3n) is 3.74. The molecule has 0 atom stereocenters. The Morgan fingerprint density at radius 3 is 2.59 bits per heavy atom. The lowest BCUT2D eigenvalue weighted by atomic mass is 9.94. The number of hydrogen-bond donors (Lipinski definition) is 2. The van der Waals surface area contributed by atoms with E-state index in [1.54, 1.807) is 0 Å². The molecule has 1 saturated heterocycles. The lowest BCUT2D eigenvalue weighted by Gasteiger charge is -2.36. The van der Waals surface area contributed by atoms with Crippen molar-refractivity contribution in [1.29, 1.82) is 0 Å². The molecule has 1 aliphatic rings. The Bertz CT molecular complexity index is 459. The molecule has 6 heteroatoms. The van der Waals surface area contributed by atoms with E-state index in [1.807, 2.05) is 30.3 Å². The maximum Gasteiger partial charge on any atom is 0.410 e. The highest BCUT2D eigenvalue weighted by Crippen LogP contribution is 2.22. The molecule has 2 rings (SSSR count). The summed E-state index contributed by atoms with van der Waals surface area (Å²) in [6.45, 7) is 1.22. The lowest BCUT2D eigenvalue weighted by molar-refractivity contribution is -0.0791. The maximum atomic E-state index is 12.2. The second kappa shape index (κ2) is 8.12. The number of hydrogen-bond acceptors (Lipinski definition) is 5. The monoisotopic (exact) mass is 309 g/mol. The zero-order chi connectivity index (χ0) is 15.8. The van der Waals surface area contributed by atoms with Crippen LogP contribution in [0.25, 0.3) is 0 Å². The Morgan fingerprint density at radius 2 is 1.95 bits per heavy atom. The molecular formula is C16H23NO5. The van der Waals surface area contributed by atoms with Gasteiger partial charge in [-0.05, 0) is 5.56 Å². The Labute approximate surface area is 130 Å². The quantitative estimate of drug-likeness (QED) is 0.824. The Balaban J connectivity index is 1.90. The van der Waals surface area contributed by atoms with Gasteiger partial charge in [0.25, 0.3) is 0 Å². The Kier molecular flexibility index (Phi) is 6.18. The molecule has 0 aromatic heterocycles. The molecule has 0 unspecified atom stereocenters. The van der Waals surface area contributed by atoms with Gasteiger partial charge in [-0.15, -0.1) is 0 Å². The smallest absolute Gasteiger partial charge is 0.410 e. The molecule has 1 amide bonds. The van der Waals surface area contributed by atoms with Gasteiger partial charge < -0.3 is 24.6 Å². The molecule has 2 N–H and O–H groups in total. The predicted molar refractivity (Wildman–Crippen MR) is 80.3 cm³/mol. The molecule has 1 heterocycles. The summed E-state index contributed by atoms with van der Waals surface area (Å²) in [5.74, 6) is 0. The topological polar surface area (TPSA) is 79.2 Å². The van der Waals surface area contributed by atoms with Crippen molar-refractivity contribution < 1.29 is 24.5 Å². The molecule has 0 bridgehead atoms. The van der Waals surface area contributed by atoms with Crippen LogP contribution in [0.5, 0.6) is 0 Å². The van der Waals surface area contributed by atoms with Gasteiger partial charge >= 0.3 is 6.09 Å². The summed E-state index contributed by atoms with van der Waals surface area (Å²) in [6.07, 6.45) is 0.416. The number of aliphatic hydroxyl groups excluding tert-OH is 1. The summed E-state index contributed by atoms with van der Waals surface area (Å²) in [7, 11) is 0. The summed E-state index contributed by atoms with van der Waals surface area (Å²) in [4.78, 5) is 13.5. The van der Waals surface area contributed by atoms with Crippen LogP contribution < -0.4 is 0 Å². The first-order chi connectivity index (χ1) is 10.6. The van der Waals surface area contributed by atoms with E-state index in [-0.39, 0.29) is 26.3 Å². The molecule has 1 fully saturated rings. The van der Waals surface area contributed by atoms with Gasteiger partial charge in [0.1, 0.15) is 6.61 Å². The van der Waals surface area contributed by atoms with Gasteiger partial charge in [-0.3, -0.25) is 0 Å². The van der Waals surface area contributed by atoms with Crippen LogP contribution in [0.4, 0.5) is 4.79 Å². The molecule has 1 aromatic rings. The first-order valence-corrected chi connectivity index (χ1v) is 7.50. The van der Waals surface area contributed by atoms with E-state index in [0.717, 1.165) is 5.56 Å². The third-order valence-corrected chi connectivity index (χ3v) is 3.74. The van der Waals surface area contributed by atoms with Crippen molar-refractivity contribution in [1.82, 2.24) is 4.90 Å². The molecule has 0 spiro atoms. The highest BCUT2D eigenvalue weighted by molar-refractivity contribution is 5.67. The third kappa shape index (κ3) is 4.98. The number of carbonyl (C=O) groups excluding carboxylic acids is 1. The van der Waals surface area contributed by atoms with E-state index in [4.69, 9.17) is 14.6 Å². The van der Waals surface area contributed by atoms with Crippen molar-refractivity contribution in [3.63, 3.8) is 0 Å². The molecule has 0 aliphatic carbocycles. The standard InChI is InChI=1S/C16H23NO5/c18-9-8-17(13-16(20)6-10-21-11-7-16)15(19)22-12-14-4-2-1-3-5-14/h1-5,18,20H,6-13H2. The van der Waals surface area contributed by atoms with E-state index in [1.165, 1.54) is 4.90 Å². The van der Waals surface area contributed by atoms with Crippen molar-refractivity contribution in [2.45, 2.75) is 25.0 Å². The first kappa shape index (κ1) is 16.7. The van der Waals surface area contributed by atoms with Crippen LogP contribution in [0.3, 0.4) is 0 Å². The molecule has 1 aliphatic heterocycles. The van der Waals surface area contributed by atoms with Crippen molar-refractivity contribution >= 4 is 6.09 Å². The molecule has 0 saturated carbocycles. The summed E-state index contributed by atoms with van der Waals surface area (Å²) >= 11 is 0. The molecule has 122 valence electrons. The number of carbonyl (C=O) groups is 1. The summed E-state index contributed by atoms with van der Waals surface area (Å²) in [5, 5.41) is 19.6. The number of aliphatic hydroxyl groups is 2. The summed E-state index contributed by atoms with van der Waals surface area (Å²) < 4.78 is 10.5. The average molecular weight is 309 g/mol. The second-order valence-corrected chi connectivity index (χ2v) is 5.52. The van der Waals surface area contributed by atoms with Crippen LogP contribution in [0.15, 0.2) is 30.3 Å². The lowest BCUT2D eigenvalue weighted by Crippen LogP contribution is -2.49. The number of rotatable bonds is 6. The van der Waals surface area contributed by atoms with Gasteiger partial charge in [0.2, 0.25) is 0 Å². The van der Waals surface area contributed by atoms with E-state index < -0.39 is 11.7 Å². The van der Waals surface area contributed by atoms with E-state index in [9.17, 15) is 9.90 Å². The van der Waals surface area contributed by atoms with Crippen molar-refractivity contribution in [2.75, 3.05) is 32.9 Å². The fraction of sp³-hybridized carbons (Fsp3) is 0.562. The van der Waals surface area contributed by atoms with E-state index >= 15 is 0 Å².